The van der Waals surface area contributed by atoms with Crippen LogP contribution in [0.4, 0.5) is 0 Å². The largest absolute Gasteiger partial charge is 0.309 e. The van der Waals surface area contributed by atoms with E-state index in [1.807, 2.05) is 54.6 Å². The average Bonchev–Trinajstić information content (AvgIpc) is 2.49. The number of nitriles is 1. The molecule has 3 heteroatoms. The van der Waals surface area contributed by atoms with Crippen LogP contribution >= 0.6 is 11.6 Å². The van der Waals surface area contributed by atoms with Gasteiger partial charge in [-0.2, -0.15) is 5.26 Å². The van der Waals surface area contributed by atoms with Crippen LogP contribution in [0.15, 0.2) is 54.6 Å². The summed E-state index contributed by atoms with van der Waals surface area (Å²) >= 11 is 5.88. The number of hydrogen-bond donors (Lipinski definition) is 1. The molecule has 1 N–H and O–H groups in total. The third-order valence-electron chi connectivity index (χ3n) is 3.36. The molecular formula is C17H17ClN2. The normalized spacial score (nSPS) is 13.4. The van der Waals surface area contributed by atoms with Crippen molar-refractivity contribution in [2.75, 3.05) is 6.54 Å². The van der Waals surface area contributed by atoms with Crippen molar-refractivity contribution in [2.24, 2.45) is 0 Å². The van der Waals surface area contributed by atoms with E-state index in [2.05, 4.69) is 18.3 Å². The predicted octanol–water partition coefficient (Wildman–Crippen LogP) is 4.30. The lowest BCUT2D eigenvalue weighted by Crippen LogP contribution is -2.24. The SMILES string of the molecule is CC(NCC(C#N)c1ccccc1)c1ccc(Cl)cc1. The third-order valence-corrected chi connectivity index (χ3v) is 3.61. The topological polar surface area (TPSA) is 35.8 Å². The summed E-state index contributed by atoms with van der Waals surface area (Å²) in [5.41, 5.74) is 2.21. The third kappa shape index (κ3) is 3.84. The lowest BCUT2D eigenvalue weighted by molar-refractivity contribution is 0.558. The number of nitrogens with one attached hydrogen (secondary N) is 1. The Morgan fingerprint density at radius 1 is 1.05 bits per heavy atom. The number of nitrogens with zero attached hydrogens (tertiary/aromatic N) is 1. The zero-order chi connectivity index (χ0) is 14.4. The highest BCUT2D eigenvalue weighted by Gasteiger charge is 2.12. The molecule has 2 nitrogen and oxygen atoms in total. The molecule has 0 fully saturated rings. The lowest BCUT2D eigenvalue weighted by Gasteiger charge is -2.17. The minimum atomic E-state index is -0.133. The molecular weight excluding hydrogens is 268 g/mol. The maximum absolute atomic E-state index is 9.29. The Balaban J connectivity index is 1.97. The summed E-state index contributed by atoms with van der Waals surface area (Å²) < 4.78 is 0. The Morgan fingerprint density at radius 3 is 2.30 bits per heavy atom. The van der Waals surface area contributed by atoms with E-state index in [0.29, 0.717) is 6.54 Å². The molecule has 20 heavy (non-hydrogen) atoms. The van der Waals surface area contributed by atoms with Crippen molar-refractivity contribution in [3.05, 3.63) is 70.7 Å². The summed E-state index contributed by atoms with van der Waals surface area (Å²) in [5.74, 6) is -0.133. The van der Waals surface area contributed by atoms with E-state index in [1.165, 1.54) is 5.56 Å². The highest BCUT2D eigenvalue weighted by molar-refractivity contribution is 6.30. The van der Waals surface area contributed by atoms with Crippen molar-refractivity contribution in [3.63, 3.8) is 0 Å². The Hall–Kier alpha value is -1.82. The molecule has 2 unspecified atom stereocenters. The summed E-state index contributed by atoms with van der Waals surface area (Å²) in [5, 5.41) is 13.4. The molecule has 2 rings (SSSR count). The van der Waals surface area contributed by atoms with Gasteiger partial charge in [0.05, 0.1) is 12.0 Å². The molecule has 2 atom stereocenters. The van der Waals surface area contributed by atoms with E-state index in [-0.39, 0.29) is 12.0 Å². The first kappa shape index (κ1) is 14.6. The van der Waals surface area contributed by atoms with Gasteiger partial charge in [-0.15, -0.1) is 0 Å². The van der Waals surface area contributed by atoms with Crippen LogP contribution in [0, 0.1) is 11.3 Å². The van der Waals surface area contributed by atoms with Crippen LogP contribution in [0.2, 0.25) is 5.02 Å². The van der Waals surface area contributed by atoms with Crippen LogP contribution < -0.4 is 5.32 Å². The molecule has 0 spiro atoms. The maximum Gasteiger partial charge on any atom is 0.0837 e. The zero-order valence-electron chi connectivity index (χ0n) is 11.4. The standard InChI is InChI=1S/C17H17ClN2/c1-13(14-7-9-17(18)10-8-14)20-12-16(11-19)15-5-3-2-4-6-15/h2-10,13,16,20H,12H2,1H3. The van der Waals surface area contributed by atoms with Gasteiger partial charge in [0.2, 0.25) is 0 Å². The molecule has 0 aromatic heterocycles. The van der Waals surface area contributed by atoms with Gasteiger partial charge in [0.1, 0.15) is 0 Å². The lowest BCUT2D eigenvalue weighted by atomic mass is 10.00. The van der Waals surface area contributed by atoms with Crippen molar-refractivity contribution in [3.8, 4) is 6.07 Å². The number of benzene rings is 2. The molecule has 0 radical (unpaired) electrons. The molecule has 102 valence electrons. The first-order valence-electron chi connectivity index (χ1n) is 6.64. The number of hydrogen-bond acceptors (Lipinski definition) is 2. The van der Waals surface area contributed by atoms with Gasteiger partial charge in [0, 0.05) is 17.6 Å². The second kappa shape index (κ2) is 7.09. The fourth-order valence-electron chi connectivity index (χ4n) is 2.09. The van der Waals surface area contributed by atoms with E-state index in [9.17, 15) is 5.26 Å². The minimum absolute atomic E-state index is 0.133. The van der Waals surface area contributed by atoms with Gasteiger partial charge in [0.15, 0.2) is 0 Å². The van der Waals surface area contributed by atoms with Gasteiger partial charge in [-0.05, 0) is 30.2 Å². The Morgan fingerprint density at radius 2 is 1.70 bits per heavy atom. The van der Waals surface area contributed by atoms with Gasteiger partial charge >= 0.3 is 0 Å². The molecule has 2 aromatic carbocycles. The van der Waals surface area contributed by atoms with E-state index in [4.69, 9.17) is 11.6 Å². The molecule has 0 amide bonds. The summed E-state index contributed by atoms with van der Waals surface area (Å²) in [6.45, 7) is 2.72. The quantitative estimate of drug-likeness (QED) is 0.889. The molecule has 0 heterocycles. The first-order valence-corrected chi connectivity index (χ1v) is 7.02. The molecule has 0 bridgehead atoms. The van der Waals surface area contributed by atoms with E-state index in [1.54, 1.807) is 0 Å². The smallest absolute Gasteiger partial charge is 0.0837 e. The Bertz CT molecular complexity index is 572. The average molecular weight is 285 g/mol. The van der Waals surface area contributed by atoms with Gasteiger partial charge < -0.3 is 5.32 Å². The molecule has 0 saturated carbocycles. The van der Waals surface area contributed by atoms with Gasteiger partial charge in [0.25, 0.3) is 0 Å². The molecule has 2 aromatic rings. The van der Waals surface area contributed by atoms with Crippen LogP contribution in [0.25, 0.3) is 0 Å². The highest BCUT2D eigenvalue weighted by Crippen LogP contribution is 2.18. The summed E-state index contributed by atoms with van der Waals surface area (Å²) in [6, 6.07) is 20.2. The second-order valence-corrected chi connectivity index (χ2v) is 5.21. The highest BCUT2D eigenvalue weighted by atomic mass is 35.5. The van der Waals surface area contributed by atoms with Crippen LogP contribution in [0.3, 0.4) is 0 Å². The maximum atomic E-state index is 9.29. The van der Waals surface area contributed by atoms with Crippen molar-refractivity contribution in [1.29, 1.82) is 5.26 Å². The minimum Gasteiger partial charge on any atom is -0.309 e. The fourth-order valence-corrected chi connectivity index (χ4v) is 2.21. The number of halogens is 1. The molecule has 0 aliphatic heterocycles. The molecule has 0 saturated heterocycles. The van der Waals surface area contributed by atoms with Crippen LogP contribution in [0.5, 0.6) is 0 Å². The van der Waals surface area contributed by atoms with Gasteiger partial charge in [-0.3, -0.25) is 0 Å². The van der Waals surface area contributed by atoms with Crippen molar-refractivity contribution in [2.45, 2.75) is 18.9 Å². The van der Waals surface area contributed by atoms with E-state index >= 15 is 0 Å². The zero-order valence-corrected chi connectivity index (χ0v) is 12.1. The van der Waals surface area contributed by atoms with Crippen molar-refractivity contribution >= 4 is 11.6 Å². The fraction of sp³-hybridized carbons (Fsp3) is 0.235. The van der Waals surface area contributed by atoms with Crippen LogP contribution in [0.1, 0.15) is 30.0 Å². The Kier molecular flexibility index (Phi) is 5.17. The second-order valence-electron chi connectivity index (χ2n) is 4.77. The number of rotatable bonds is 5. The van der Waals surface area contributed by atoms with E-state index < -0.39 is 0 Å². The summed E-state index contributed by atoms with van der Waals surface area (Å²) in [6.07, 6.45) is 0. The summed E-state index contributed by atoms with van der Waals surface area (Å²) in [4.78, 5) is 0. The van der Waals surface area contributed by atoms with Gasteiger partial charge in [-0.25, -0.2) is 0 Å². The van der Waals surface area contributed by atoms with Crippen LogP contribution in [-0.2, 0) is 0 Å². The van der Waals surface area contributed by atoms with E-state index in [0.717, 1.165) is 10.6 Å². The monoisotopic (exact) mass is 284 g/mol. The van der Waals surface area contributed by atoms with Crippen LogP contribution in [-0.4, -0.2) is 6.54 Å². The molecule has 0 aliphatic rings. The first-order chi connectivity index (χ1) is 9.70. The van der Waals surface area contributed by atoms with Crippen molar-refractivity contribution < 1.29 is 0 Å². The van der Waals surface area contributed by atoms with Gasteiger partial charge in [-0.1, -0.05) is 54.1 Å². The molecule has 0 aliphatic carbocycles. The van der Waals surface area contributed by atoms with Crippen molar-refractivity contribution in [1.82, 2.24) is 5.32 Å². The Labute approximate surface area is 125 Å². The summed E-state index contributed by atoms with van der Waals surface area (Å²) in [7, 11) is 0. The predicted molar refractivity (Wildman–Crippen MR) is 82.7 cm³/mol.